The Balaban J connectivity index is 2.08. The van der Waals surface area contributed by atoms with Crippen LogP contribution in [-0.2, 0) is 0 Å². The Kier molecular flexibility index (Phi) is 4.44. The van der Waals surface area contributed by atoms with Crippen molar-refractivity contribution in [2.24, 2.45) is 0 Å². The smallest absolute Gasteiger partial charge is 0.251 e. The van der Waals surface area contributed by atoms with Crippen LogP contribution in [0.3, 0.4) is 0 Å². The highest BCUT2D eigenvalue weighted by Crippen LogP contribution is 2.22. The van der Waals surface area contributed by atoms with Gasteiger partial charge < -0.3 is 10.6 Å². The van der Waals surface area contributed by atoms with Crippen molar-refractivity contribution >= 4 is 28.5 Å². The van der Waals surface area contributed by atoms with Crippen molar-refractivity contribution in [1.82, 2.24) is 5.32 Å². The number of nitrogens with one attached hydrogen (secondary N) is 1. The highest BCUT2D eigenvalue weighted by molar-refractivity contribution is 14.1. The molecule has 0 spiro atoms. The predicted molar refractivity (Wildman–Crippen MR) is 89.7 cm³/mol. The Morgan fingerprint density at radius 3 is 2.40 bits per heavy atom. The van der Waals surface area contributed by atoms with Gasteiger partial charge in [-0.1, -0.05) is 6.07 Å². The fraction of sp³-hybridized carbons (Fsp3) is 0.562. The molecule has 4 heteroatoms. The normalized spacial score (nSPS) is 21.4. The van der Waals surface area contributed by atoms with E-state index in [0.29, 0.717) is 0 Å². The summed E-state index contributed by atoms with van der Waals surface area (Å²) in [5.41, 5.74) is 1.09. The van der Waals surface area contributed by atoms with Crippen molar-refractivity contribution in [2.45, 2.75) is 57.7 Å². The largest absolute Gasteiger partial charge is 0.349 e. The summed E-state index contributed by atoms with van der Waals surface area (Å²) in [6, 6.07) is 7.98. The van der Waals surface area contributed by atoms with Gasteiger partial charge in [-0.25, -0.2) is 0 Å². The molecule has 0 atom stereocenters. The maximum absolute atomic E-state index is 12.4. The van der Waals surface area contributed by atoms with Gasteiger partial charge in [-0.3, -0.25) is 4.79 Å². The molecule has 0 unspecified atom stereocenters. The van der Waals surface area contributed by atoms with Crippen molar-refractivity contribution in [2.75, 3.05) is 0 Å². The van der Waals surface area contributed by atoms with Gasteiger partial charge in [0.25, 0.3) is 5.91 Å². The standard InChI is InChI=1S/C16H23IN2O/c1-15(2)9-13(10-16(3,4)19-15)18-14(20)11-6-5-7-12(17)8-11/h5-8,13,19H,9-10H2,1-4H3,(H,18,20)/p+1. The van der Waals surface area contributed by atoms with Crippen molar-refractivity contribution < 1.29 is 10.1 Å². The lowest BCUT2D eigenvalue weighted by Gasteiger charge is -2.43. The van der Waals surface area contributed by atoms with Crippen LogP contribution in [0.25, 0.3) is 0 Å². The Labute approximate surface area is 135 Å². The molecule has 1 aliphatic rings. The number of amides is 1. The second-order valence-electron chi connectivity index (χ2n) is 7.21. The van der Waals surface area contributed by atoms with Gasteiger partial charge in [-0.05, 0) is 68.5 Å². The van der Waals surface area contributed by atoms with E-state index in [-0.39, 0.29) is 23.0 Å². The molecule has 0 aromatic heterocycles. The Morgan fingerprint density at radius 1 is 1.25 bits per heavy atom. The third-order valence-corrected chi connectivity index (χ3v) is 4.42. The van der Waals surface area contributed by atoms with Crippen LogP contribution < -0.4 is 10.6 Å². The first-order valence-electron chi connectivity index (χ1n) is 7.10. The monoisotopic (exact) mass is 387 g/mol. The number of hydrogen-bond acceptors (Lipinski definition) is 1. The Bertz CT molecular complexity index is 495. The maximum atomic E-state index is 12.4. The van der Waals surface area contributed by atoms with E-state index in [1.807, 2.05) is 24.3 Å². The lowest BCUT2D eigenvalue weighted by molar-refractivity contribution is -0.787. The minimum Gasteiger partial charge on any atom is -0.349 e. The van der Waals surface area contributed by atoms with E-state index in [0.717, 1.165) is 22.0 Å². The Hall–Kier alpha value is -0.620. The number of halogens is 1. The van der Waals surface area contributed by atoms with Gasteiger partial charge in [-0.2, -0.15) is 0 Å². The fourth-order valence-corrected chi connectivity index (χ4v) is 4.06. The topological polar surface area (TPSA) is 45.7 Å². The molecular formula is C16H24IN2O+. The van der Waals surface area contributed by atoms with Crippen molar-refractivity contribution in [3.05, 3.63) is 33.4 Å². The number of rotatable bonds is 2. The summed E-state index contributed by atoms with van der Waals surface area (Å²) in [5, 5.41) is 5.64. The summed E-state index contributed by atoms with van der Waals surface area (Å²) in [4.78, 5) is 12.4. The van der Waals surface area contributed by atoms with Crippen LogP contribution in [0.15, 0.2) is 24.3 Å². The minimum absolute atomic E-state index is 0.0435. The van der Waals surface area contributed by atoms with Gasteiger partial charge in [0.1, 0.15) is 0 Å². The molecule has 20 heavy (non-hydrogen) atoms. The summed E-state index contributed by atoms with van der Waals surface area (Å²) >= 11 is 2.24. The predicted octanol–water partition coefficient (Wildman–Crippen LogP) is 2.30. The zero-order chi connectivity index (χ0) is 15.0. The molecule has 1 aliphatic heterocycles. The van der Waals surface area contributed by atoms with E-state index in [1.165, 1.54) is 0 Å². The highest BCUT2D eigenvalue weighted by Gasteiger charge is 2.42. The zero-order valence-corrected chi connectivity index (χ0v) is 14.8. The van der Waals surface area contributed by atoms with Crippen LogP contribution in [0.5, 0.6) is 0 Å². The number of benzene rings is 1. The van der Waals surface area contributed by atoms with Crippen molar-refractivity contribution in [1.29, 1.82) is 0 Å². The molecule has 0 saturated carbocycles. The summed E-state index contributed by atoms with van der Waals surface area (Å²) in [6.07, 6.45) is 2.01. The molecule has 1 heterocycles. The summed E-state index contributed by atoms with van der Waals surface area (Å²) < 4.78 is 1.09. The first kappa shape index (κ1) is 15.8. The molecule has 1 saturated heterocycles. The van der Waals surface area contributed by atoms with E-state index in [9.17, 15) is 4.79 Å². The molecule has 0 bridgehead atoms. The summed E-state index contributed by atoms with van der Waals surface area (Å²) in [7, 11) is 0. The molecule has 1 fully saturated rings. The molecule has 2 rings (SSSR count). The first-order chi connectivity index (χ1) is 9.17. The van der Waals surface area contributed by atoms with E-state index >= 15 is 0 Å². The van der Waals surface area contributed by atoms with E-state index in [2.05, 4.69) is 60.9 Å². The maximum Gasteiger partial charge on any atom is 0.251 e. The third kappa shape index (κ3) is 4.19. The lowest BCUT2D eigenvalue weighted by atomic mass is 9.79. The van der Waals surface area contributed by atoms with Gasteiger partial charge in [0.2, 0.25) is 0 Å². The van der Waals surface area contributed by atoms with Crippen molar-refractivity contribution in [3.8, 4) is 0 Å². The van der Waals surface area contributed by atoms with Gasteiger partial charge >= 0.3 is 0 Å². The number of piperidine rings is 1. The average molecular weight is 387 g/mol. The number of carbonyl (C=O) groups is 1. The SMILES string of the molecule is CC1(C)CC(NC(=O)c2cccc(I)c2)CC(C)(C)[NH2+]1. The Morgan fingerprint density at radius 2 is 1.85 bits per heavy atom. The van der Waals surface area contributed by atoms with Crippen LogP contribution in [0.2, 0.25) is 0 Å². The molecule has 3 N–H and O–H groups in total. The minimum atomic E-state index is 0.0435. The molecule has 1 aromatic carbocycles. The molecule has 3 nitrogen and oxygen atoms in total. The van der Waals surface area contributed by atoms with Gasteiger partial charge in [0.15, 0.2) is 0 Å². The van der Waals surface area contributed by atoms with Gasteiger partial charge in [0.05, 0.1) is 11.1 Å². The summed E-state index contributed by atoms with van der Waals surface area (Å²) in [5.74, 6) is 0.0435. The molecular weight excluding hydrogens is 363 g/mol. The van der Waals surface area contributed by atoms with Crippen LogP contribution in [0.1, 0.15) is 50.9 Å². The molecule has 1 aromatic rings. The molecule has 0 radical (unpaired) electrons. The summed E-state index contributed by atoms with van der Waals surface area (Å²) in [6.45, 7) is 8.99. The number of hydrogen-bond donors (Lipinski definition) is 2. The molecule has 110 valence electrons. The van der Waals surface area contributed by atoms with Crippen LogP contribution in [0, 0.1) is 3.57 Å². The zero-order valence-electron chi connectivity index (χ0n) is 12.7. The number of carbonyl (C=O) groups excluding carboxylic acids is 1. The average Bonchev–Trinajstić information content (AvgIpc) is 2.24. The second-order valence-corrected chi connectivity index (χ2v) is 8.46. The van der Waals surface area contributed by atoms with E-state index in [1.54, 1.807) is 0 Å². The molecule has 1 amide bonds. The number of quaternary nitrogens is 1. The van der Waals surface area contributed by atoms with Crippen molar-refractivity contribution in [3.63, 3.8) is 0 Å². The van der Waals surface area contributed by atoms with Gasteiger partial charge in [-0.15, -0.1) is 0 Å². The van der Waals surface area contributed by atoms with E-state index in [4.69, 9.17) is 0 Å². The highest BCUT2D eigenvalue weighted by atomic mass is 127. The first-order valence-corrected chi connectivity index (χ1v) is 8.18. The fourth-order valence-electron chi connectivity index (χ4n) is 3.52. The van der Waals surface area contributed by atoms with Gasteiger partial charge in [0, 0.05) is 28.0 Å². The van der Waals surface area contributed by atoms with E-state index < -0.39 is 0 Å². The molecule has 0 aliphatic carbocycles. The number of nitrogens with two attached hydrogens (primary N) is 1. The van der Waals surface area contributed by atoms with Crippen LogP contribution in [0.4, 0.5) is 0 Å². The third-order valence-electron chi connectivity index (χ3n) is 3.75. The quantitative estimate of drug-likeness (QED) is 0.752. The second kappa shape index (κ2) is 5.64. The van der Waals surface area contributed by atoms with Crippen LogP contribution in [-0.4, -0.2) is 23.0 Å². The lowest BCUT2D eigenvalue weighted by Crippen LogP contribution is -3.06. The van der Waals surface area contributed by atoms with Crippen LogP contribution >= 0.6 is 22.6 Å².